The van der Waals surface area contributed by atoms with Gasteiger partial charge in [-0.1, -0.05) is 39.0 Å². The number of thioether (sulfide) groups is 1. The lowest BCUT2D eigenvalue weighted by molar-refractivity contribution is 0.0953. The minimum Gasteiger partial charge on any atom is -0.459 e. The fraction of sp³-hybridized carbons (Fsp3) is 0.400. The van der Waals surface area contributed by atoms with Gasteiger partial charge in [0.15, 0.2) is 0 Å². The van der Waals surface area contributed by atoms with Crippen molar-refractivity contribution in [1.29, 1.82) is 0 Å². The first kappa shape index (κ1) is 14.9. The van der Waals surface area contributed by atoms with Gasteiger partial charge in [0.25, 0.3) is 5.91 Å². The van der Waals surface area contributed by atoms with Crippen LogP contribution >= 0.6 is 11.8 Å². The number of nitrogen functional groups attached to an aromatic ring is 1. The van der Waals surface area contributed by atoms with E-state index in [0.717, 1.165) is 11.0 Å². The topological polar surface area (TPSA) is 68.3 Å². The highest BCUT2D eigenvalue weighted by Crippen LogP contribution is 2.31. The van der Waals surface area contributed by atoms with Gasteiger partial charge in [-0.25, -0.2) is 5.84 Å². The summed E-state index contributed by atoms with van der Waals surface area (Å²) in [5.41, 5.74) is 3.47. The molecule has 0 aliphatic carbocycles. The van der Waals surface area contributed by atoms with Gasteiger partial charge in [0.1, 0.15) is 11.3 Å². The molecular formula is C15H20N2O2S. The van der Waals surface area contributed by atoms with Gasteiger partial charge in [0, 0.05) is 10.6 Å². The molecule has 3 N–H and O–H groups in total. The monoisotopic (exact) mass is 292 g/mol. The number of nitrogens with two attached hydrogens (primary N) is 1. The number of benzene rings is 1. The van der Waals surface area contributed by atoms with Crippen LogP contribution < -0.4 is 11.3 Å². The number of nitrogens with one attached hydrogen (secondary N) is 1. The van der Waals surface area contributed by atoms with E-state index in [2.05, 4.69) is 26.2 Å². The second-order valence-electron chi connectivity index (χ2n) is 5.13. The van der Waals surface area contributed by atoms with Crippen molar-refractivity contribution in [3.63, 3.8) is 0 Å². The predicted molar refractivity (Wildman–Crippen MR) is 83.5 cm³/mol. The molecule has 108 valence electrons. The first-order chi connectivity index (χ1) is 9.54. The smallest absolute Gasteiger partial charge is 0.269 e. The molecule has 1 heterocycles. The summed E-state index contributed by atoms with van der Waals surface area (Å²) in [5.74, 6) is 6.91. The number of rotatable bonds is 5. The van der Waals surface area contributed by atoms with E-state index < -0.39 is 0 Å². The minimum absolute atomic E-state index is 0.303. The standard InChI is InChI=1S/C15H20N2O2S/c1-9(2)10(3)20-8-13-14(15(18)17-16)11-6-4-5-7-12(11)19-13/h4-7,9-10H,8,16H2,1-3H3,(H,17,18). The van der Waals surface area contributed by atoms with E-state index >= 15 is 0 Å². The van der Waals surface area contributed by atoms with E-state index in [1.165, 1.54) is 0 Å². The number of hydrogen-bond acceptors (Lipinski definition) is 4. The van der Waals surface area contributed by atoms with E-state index in [9.17, 15) is 4.79 Å². The number of hydrogen-bond donors (Lipinski definition) is 2. The van der Waals surface area contributed by atoms with E-state index in [1.807, 2.05) is 24.3 Å². The molecule has 20 heavy (non-hydrogen) atoms. The Balaban J connectivity index is 2.34. The van der Waals surface area contributed by atoms with Crippen molar-refractivity contribution < 1.29 is 9.21 Å². The maximum Gasteiger partial charge on any atom is 0.269 e. The normalized spacial score (nSPS) is 12.8. The molecular weight excluding hydrogens is 272 g/mol. The van der Waals surface area contributed by atoms with Crippen LogP contribution in [0.2, 0.25) is 0 Å². The summed E-state index contributed by atoms with van der Waals surface area (Å²) in [7, 11) is 0. The highest BCUT2D eigenvalue weighted by Gasteiger charge is 2.20. The fourth-order valence-corrected chi connectivity index (χ4v) is 2.92. The van der Waals surface area contributed by atoms with Crippen molar-refractivity contribution >= 4 is 28.6 Å². The Bertz CT molecular complexity index is 607. The molecule has 0 aliphatic heterocycles. The van der Waals surface area contributed by atoms with Crippen LogP contribution in [0.3, 0.4) is 0 Å². The maximum absolute atomic E-state index is 12.0. The van der Waals surface area contributed by atoms with Gasteiger partial charge < -0.3 is 4.42 Å². The van der Waals surface area contributed by atoms with Crippen molar-refractivity contribution in [2.24, 2.45) is 11.8 Å². The highest BCUT2D eigenvalue weighted by molar-refractivity contribution is 7.99. The Morgan fingerprint density at radius 3 is 2.70 bits per heavy atom. The number of furan rings is 1. The number of carbonyl (C=O) groups excluding carboxylic acids is 1. The van der Waals surface area contributed by atoms with Gasteiger partial charge in [-0.05, 0) is 12.0 Å². The first-order valence-corrected chi connectivity index (χ1v) is 7.72. The zero-order valence-corrected chi connectivity index (χ0v) is 12.8. The molecule has 2 aromatic rings. The van der Waals surface area contributed by atoms with Gasteiger partial charge in [-0.2, -0.15) is 11.8 Å². The summed E-state index contributed by atoms with van der Waals surface area (Å²) in [4.78, 5) is 12.0. The van der Waals surface area contributed by atoms with Crippen LogP contribution in [0.5, 0.6) is 0 Å². The third-order valence-corrected chi connectivity index (χ3v) is 4.94. The Hall–Kier alpha value is -1.46. The largest absolute Gasteiger partial charge is 0.459 e. The van der Waals surface area contributed by atoms with Gasteiger partial charge in [0.05, 0.1) is 11.3 Å². The van der Waals surface area contributed by atoms with Crippen LogP contribution in [0, 0.1) is 5.92 Å². The van der Waals surface area contributed by atoms with Crippen LogP contribution in [-0.4, -0.2) is 11.2 Å². The summed E-state index contributed by atoms with van der Waals surface area (Å²) in [5, 5.41) is 1.31. The van der Waals surface area contributed by atoms with E-state index in [4.69, 9.17) is 10.3 Å². The van der Waals surface area contributed by atoms with E-state index in [0.29, 0.717) is 28.2 Å². The number of carbonyl (C=O) groups is 1. The third-order valence-electron chi connectivity index (χ3n) is 3.44. The summed E-state index contributed by atoms with van der Waals surface area (Å²) in [6.07, 6.45) is 0. The average Bonchev–Trinajstić information content (AvgIpc) is 2.82. The number of hydrazine groups is 1. The summed E-state index contributed by atoms with van der Waals surface area (Å²) in [6, 6.07) is 7.52. The Morgan fingerprint density at radius 2 is 2.05 bits per heavy atom. The van der Waals surface area contributed by atoms with Gasteiger partial charge in [-0.3, -0.25) is 10.2 Å². The van der Waals surface area contributed by atoms with Crippen molar-refractivity contribution in [2.45, 2.75) is 31.8 Å². The van der Waals surface area contributed by atoms with Crippen LogP contribution in [0.25, 0.3) is 11.0 Å². The molecule has 2 rings (SSSR count). The molecule has 0 fully saturated rings. The van der Waals surface area contributed by atoms with Crippen LogP contribution in [0.4, 0.5) is 0 Å². The third kappa shape index (κ3) is 2.99. The fourth-order valence-electron chi connectivity index (χ4n) is 1.92. The summed E-state index contributed by atoms with van der Waals surface area (Å²) < 4.78 is 5.82. The highest BCUT2D eigenvalue weighted by atomic mass is 32.2. The average molecular weight is 292 g/mol. The number of amides is 1. The Morgan fingerprint density at radius 1 is 1.35 bits per heavy atom. The molecule has 1 unspecified atom stereocenters. The van der Waals surface area contributed by atoms with Crippen LogP contribution in [0.15, 0.2) is 28.7 Å². The van der Waals surface area contributed by atoms with Crippen molar-refractivity contribution in [2.75, 3.05) is 0 Å². The predicted octanol–water partition coefficient (Wildman–Crippen LogP) is 3.31. The molecule has 4 nitrogen and oxygen atoms in total. The lowest BCUT2D eigenvalue weighted by Gasteiger charge is -2.14. The molecule has 0 aliphatic rings. The second-order valence-corrected chi connectivity index (χ2v) is 6.50. The van der Waals surface area contributed by atoms with Gasteiger partial charge >= 0.3 is 0 Å². The second kappa shape index (κ2) is 6.33. The number of para-hydroxylation sites is 1. The zero-order valence-electron chi connectivity index (χ0n) is 12.0. The summed E-state index contributed by atoms with van der Waals surface area (Å²) >= 11 is 1.78. The SMILES string of the molecule is CC(C)C(C)SCc1oc2ccccc2c1C(=O)NN. The Labute approximate surface area is 123 Å². The molecule has 1 amide bonds. The molecule has 0 saturated carbocycles. The summed E-state index contributed by atoms with van der Waals surface area (Å²) in [6.45, 7) is 6.55. The van der Waals surface area contributed by atoms with Crippen molar-refractivity contribution in [1.82, 2.24) is 5.43 Å². The van der Waals surface area contributed by atoms with Gasteiger partial charge in [-0.15, -0.1) is 0 Å². The lowest BCUT2D eigenvalue weighted by Crippen LogP contribution is -2.30. The maximum atomic E-state index is 12.0. The minimum atomic E-state index is -0.303. The van der Waals surface area contributed by atoms with E-state index in [-0.39, 0.29) is 5.91 Å². The lowest BCUT2D eigenvalue weighted by atomic mass is 10.1. The quantitative estimate of drug-likeness (QED) is 0.504. The molecule has 0 bridgehead atoms. The van der Waals surface area contributed by atoms with Crippen molar-refractivity contribution in [3.05, 3.63) is 35.6 Å². The molecule has 1 atom stereocenters. The van der Waals surface area contributed by atoms with Crippen LogP contribution in [0.1, 0.15) is 36.9 Å². The number of fused-ring (bicyclic) bond motifs is 1. The Kier molecular flexibility index (Phi) is 4.73. The van der Waals surface area contributed by atoms with Gasteiger partial charge in [0.2, 0.25) is 0 Å². The molecule has 0 saturated heterocycles. The molecule has 1 aromatic heterocycles. The zero-order chi connectivity index (χ0) is 14.7. The van der Waals surface area contributed by atoms with Crippen LogP contribution in [-0.2, 0) is 5.75 Å². The van der Waals surface area contributed by atoms with Crippen molar-refractivity contribution in [3.8, 4) is 0 Å². The van der Waals surface area contributed by atoms with E-state index in [1.54, 1.807) is 11.8 Å². The molecule has 5 heteroatoms. The molecule has 0 radical (unpaired) electrons. The first-order valence-electron chi connectivity index (χ1n) is 6.67. The molecule has 1 aromatic carbocycles. The molecule has 0 spiro atoms.